The van der Waals surface area contributed by atoms with E-state index >= 15 is 0 Å². The van der Waals surface area contributed by atoms with E-state index in [1.54, 1.807) is 21.3 Å². The highest BCUT2D eigenvalue weighted by Gasteiger charge is 2.09. The van der Waals surface area contributed by atoms with Gasteiger partial charge in [-0.05, 0) is 73.5 Å². The molecule has 0 amide bonds. The Bertz CT molecular complexity index is 1330. The molecule has 0 fully saturated rings. The molecule has 1 heterocycles. The molecular formula is C28H29NO5. The van der Waals surface area contributed by atoms with Crippen molar-refractivity contribution in [3.63, 3.8) is 0 Å². The van der Waals surface area contributed by atoms with Gasteiger partial charge in [-0.2, -0.15) is 0 Å². The molecule has 0 unspecified atom stereocenters. The van der Waals surface area contributed by atoms with Gasteiger partial charge in [-0.1, -0.05) is 6.07 Å². The summed E-state index contributed by atoms with van der Waals surface area (Å²) in [5.74, 6) is 3.76. The fourth-order valence-electron chi connectivity index (χ4n) is 3.77. The van der Waals surface area contributed by atoms with Gasteiger partial charge in [0.25, 0.3) is 0 Å². The van der Waals surface area contributed by atoms with Crippen LogP contribution in [0.5, 0.6) is 23.0 Å². The normalized spacial score (nSPS) is 11.5. The van der Waals surface area contributed by atoms with Gasteiger partial charge in [0.15, 0.2) is 11.5 Å². The van der Waals surface area contributed by atoms with E-state index in [-0.39, 0.29) is 0 Å². The Morgan fingerprint density at radius 2 is 1.53 bits per heavy atom. The maximum Gasteiger partial charge on any atom is 0.160 e. The quantitative estimate of drug-likeness (QED) is 0.323. The fourth-order valence-corrected chi connectivity index (χ4v) is 3.77. The molecule has 0 bridgehead atoms. The highest BCUT2D eigenvalue weighted by atomic mass is 16.5. The van der Waals surface area contributed by atoms with Gasteiger partial charge >= 0.3 is 0 Å². The van der Waals surface area contributed by atoms with Crippen molar-refractivity contribution in [2.75, 3.05) is 34.5 Å². The average molecular weight is 460 g/mol. The molecule has 4 rings (SSSR count). The lowest BCUT2D eigenvalue weighted by atomic mass is 10.1. The molecule has 0 saturated heterocycles. The van der Waals surface area contributed by atoms with Gasteiger partial charge in [0, 0.05) is 23.6 Å². The van der Waals surface area contributed by atoms with Gasteiger partial charge in [-0.3, -0.25) is 4.99 Å². The predicted octanol–water partition coefficient (Wildman–Crippen LogP) is 5.67. The van der Waals surface area contributed by atoms with Crippen molar-refractivity contribution in [2.24, 2.45) is 4.99 Å². The molecule has 0 radical (unpaired) electrons. The lowest BCUT2D eigenvalue weighted by Crippen LogP contribution is -2.07. The third-order valence-corrected chi connectivity index (χ3v) is 5.53. The van der Waals surface area contributed by atoms with Crippen LogP contribution in [-0.4, -0.2) is 34.5 Å². The van der Waals surface area contributed by atoms with E-state index in [1.807, 2.05) is 73.7 Å². The SMILES string of the molecule is CCOc1ccc2oc(-c3ccc(OC)cc3)cc(=NCCc3ccc(OC)c(OC)c3)c2c1. The molecule has 0 atom stereocenters. The molecule has 34 heavy (non-hydrogen) atoms. The predicted molar refractivity (Wildman–Crippen MR) is 133 cm³/mol. The smallest absolute Gasteiger partial charge is 0.160 e. The van der Waals surface area contributed by atoms with E-state index in [2.05, 4.69) is 0 Å². The molecule has 6 heteroatoms. The van der Waals surface area contributed by atoms with E-state index < -0.39 is 0 Å². The molecule has 1 aromatic heterocycles. The Morgan fingerprint density at radius 3 is 2.24 bits per heavy atom. The van der Waals surface area contributed by atoms with Crippen LogP contribution in [0.15, 0.2) is 76.1 Å². The molecule has 4 aromatic rings. The molecule has 0 aliphatic rings. The van der Waals surface area contributed by atoms with Crippen LogP contribution in [0.2, 0.25) is 0 Å². The van der Waals surface area contributed by atoms with Gasteiger partial charge in [-0.25, -0.2) is 0 Å². The lowest BCUT2D eigenvalue weighted by Gasteiger charge is -2.09. The number of nitrogens with zero attached hydrogens (tertiary/aromatic N) is 1. The summed E-state index contributed by atoms with van der Waals surface area (Å²) in [6.07, 6.45) is 0.761. The van der Waals surface area contributed by atoms with Crippen molar-refractivity contribution < 1.29 is 23.4 Å². The standard InChI is InChI=1S/C28H29NO5/c1-5-33-22-11-13-25-23(17-22)24(18-27(34-25)20-7-9-21(30-2)10-8-20)29-15-14-19-6-12-26(31-3)28(16-19)32-4/h6-13,16-18H,5,14-15H2,1-4H3. The van der Waals surface area contributed by atoms with Crippen LogP contribution < -0.4 is 24.3 Å². The number of hydrogen-bond donors (Lipinski definition) is 0. The summed E-state index contributed by atoms with van der Waals surface area (Å²) >= 11 is 0. The van der Waals surface area contributed by atoms with E-state index in [0.29, 0.717) is 24.7 Å². The third-order valence-electron chi connectivity index (χ3n) is 5.53. The number of rotatable bonds is 9. The van der Waals surface area contributed by atoms with E-state index in [0.717, 1.165) is 51.1 Å². The van der Waals surface area contributed by atoms with Crippen LogP contribution in [0.4, 0.5) is 0 Å². The molecule has 0 aliphatic heterocycles. The Morgan fingerprint density at radius 1 is 0.765 bits per heavy atom. The van der Waals surface area contributed by atoms with Crippen molar-refractivity contribution in [2.45, 2.75) is 13.3 Å². The van der Waals surface area contributed by atoms with Gasteiger partial charge < -0.3 is 23.4 Å². The second-order valence-corrected chi connectivity index (χ2v) is 7.64. The topological polar surface area (TPSA) is 62.4 Å². The van der Waals surface area contributed by atoms with Gasteiger partial charge in [0.2, 0.25) is 0 Å². The number of hydrogen-bond acceptors (Lipinski definition) is 6. The number of methoxy groups -OCH3 is 3. The van der Waals surface area contributed by atoms with Crippen molar-refractivity contribution in [3.05, 3.63) is 77.7 Å². The highest BCUT2D eigenvalue weighted by molar-refractivity contribution is 5.80. The average Bonchev–Trinajstić information content (AvgIpc) is 2.88. The van der Waals surface area contributed by atoms with Crippen LogP contribution in [0.25, 0.3) is 22.3 Å². The second kappa shape index (κ2) is 10.8. The van der Waals surface area contributed by atoms with E-state index in [1.165, 1.54) is 0 Å². The summed E-state index contributed by atoms with van der Waals surface area (Å²) in [7, 11) is 4.93. The fraction of sp³-hybridized carbons (Fsp3) is 0.250. The minimum Gasteiger partial charge on any atom is -0.497 e. The van der Waals surface area contributed by atoms with Gasteiger partial charge in [0.1, 0.15) is 22.8 Å². The van der Waals surface area contributed by atoms with Crippen LogP contribution in [0.3, 0.4) is 0 Å². The zero-order valence-electron chi connectivity index (χ0n) is 20.0. The van der Waals surface area contributed by atoms with Crippen molar-refractivity contribution >= 4 is 11.0 Å². The Kier molecular flexibility index (Phi) is 7.38. The highest BCUT2D eigenvalue weighted by Crippen LogP contribution is 2.28. The van der Waals surface area contributed by atoms with Gasteiger partial charge in [0.05, 0.1) is 33.3 Å². The van der Waals surface area contributed by atoms with E-state index in [9.17, 15) is 0 Å². The minimum atomic E-state index is 0.596. The van der Waals surface area contributed by atoms with Crippen LogP contribution >= 0.6 is 0 Å². The number of benzene rings is 3. The Labute approximate surface area is 199 Å². The van der Waals surface area contributed by atoms with Crippen molar-refractivity contribution in [1.29, 1.82) is 0 Å². The maximum atomic E-state index is 6.23. The Balaban J connectivity index is 1.71. The van der Waals surface area contributed by atoms with E-state index in [4.69, 9.17) is 28.4 Å². The maximum absolute atomic E-state index is 6.23. The molecule has 6 nitrogen and oxygen atoms in total. The largest absolute Gasteiger partial charge is 0.497 e. The second-order valence-electron chi connectivity index (χ2n) is 7.64. The van der Waals surface area contributed by atoms with Crippen molar-refractivity contribution in [1.82, 2.24) is 0 Å². The number of ether oxygens (including phenoxy) is 4. The van der Waals surface area contributed by atoms with Crippen LogP contribution in [0, 0.1) is 0 Å². The summed E-state index contributed by atoms with van der Waals surface area (Å²) in [4.78, 5) is 4.94. The molecule has 176 valence electrons. The minimum absolute atomic E-state index is 0.596. The molecule has 3 aromatic carbocycles. The molecule has 0 spiro atoms. The first-order valence-corrected chi connectivity index (χ1v) is 11.2. The summed E-state index contributed by atoms with van der Waals surface area (Å²) in [5, 5.41) is 1.77. The summed E-state index contributed by atoms with van der Waals surface area (Å²) in [6.45, 7) is 3.17. The zero-order chi connectivity index (χ0) is 23.9. The summed E-state index contributed by atoms with van der Waals surface area (Å²) in [5.41, 5.74) is 2.83. The molecular weight excluding hydrogens is 430 g/mol. The summed E-state index contributed by atoms with van der Waals surface area (Å²) < 4.78 is 28.0. The van der Waals surface area contributed by atoms with Crippen LogP contribution in [0.1, 0.15) is 12.5 Å². The molecule has 0 N–H and O–H groups in total. The van der Waals surface area contributed by atoms with Gasteiger partial charge in [-0.15, -0.1) is 0 Å². The third kappa shape index (κ3) is 5.17. The summed E-state index contributed by atoms with van der Waals surface area (Å²) in [6, 6.07) is 21.5. The first-order valence-electron chi connectivity index (χ1n) is 11.2. The van der Waals surface area contributed by atoms with Crippen LogP contribution in [-0.2, 0) is 6.42 Å². The molecule has 0 saturated carbocycles. The monoisotopic (exact) mass is 459 g/mol. The number of fused-ring (bicyclic) bond motifs is 1. The molecule has 0 aliphatic carbocycles. The zero-order valence-corrected chi connectivity index (χ0v) is 20.0. The van der Waals surface area contributed by atoms with Crippen molar-refractivity contribution in [3.8, 4) is 34.3 Å². The lowest BCUT2D eigenvalue weighted by molar-refractivity contribution is 0.340. The Hall–Kier alpha value is -3.93. The first-order chi connectivity index (χ1) is 16.6. The first kappa shape index (κ1) is 23.2.